The van der Waals surface area contributed by atoms with Crippen LogP contribution in [0, 0.1) is 5.92 Å². The van der Waals surface area contributed by atoms with Crippen molar-refractivity contribution in [1.82, 2.24) is 5.32 Å². The Hall–Kier alpha value is -2.34. The fourth-order valence-electron chi connectivity index (χ4n) is 2.11. The Balaban J connectivity index is 2.33. The third-order valence-electron chi connectivity index (χ3n) is 3.26. The van der Waals surface area contributed by atoms with E-state index in [1.807, 2.05) is 0 Å². The van der Waals surface area contributed by atoms with Crippen molar-refractivity contribution in [2.75, 3.05) is 0 Å². The number of hydrogen-bond donors (Lipinski definition) is 3. The second-order valence-corrected chi connectivity index (χ2v) is 5.14. The van der Waals surface area contributed by atoms with Crippen LogP contribution in [0.1, 0.15) is 19.6 Å². The minimum atomic E-state index is -0.993. The summed E-state index contributed by atoms with van der Waals surface area (Å²) in [6, 6.07) is 5.79. The molecule has 0 spiro atoms. The van der Waals surface area contributed by atoms with Gasteiger partial charge in [-0.25, -0.2) is 0 Å². The first-order chi connectivity index (χ1) is 9.91. The number of benzene rings is 1. The van der Waals surface area contributed by atoms with Crippen LogP contribution in [0.4, 0.5) is 0 Å². The molecule has 112 valence electrons. The fraction of sp³-hybridized carbons (Fsp3) is 0.333. The summed E-state index contributed by atoms with van der Waals surface area (Å²) in [4.78, 5) is 23.1. The number of nitrogens with one attached hydrogen (secondary N) is 1. The smallest absolute Gasteiger partial charge is 0.320 e. The predicted molar refractivity (Wildman–Crippen MR) is 77.3 cm³/mol. The van der Waals surface area contributed by atoms with E-state index in [1.165, 1.54) is 0 Å². The van der Waals surface area contributed by atoms with Crippen LogP contribution in [0.2, 0.25) is 0 Å². The van der Waals surface area contributed by atoms with Gasteiger partial charge in [0.15, 0.2) is 5.76 Å². The van der Waals surface area contributed by atoms with E-state index in [4.69, 9.17) is 9.52 Å². The molecule has 1 heterocycles. The van der Waals surface area contributed by atoms with Gasteiger partial charge in [-0.15, -0.1) is 0 Å². The minimum Gasteiger partial charge on any atom is -0.502 e. The highest BCUT2D eigenvalue weighted by molar-refractivity contribution is 5.77. The van der Waals surface area contributed by atoms with Gasteiger partial charge in [0.2, 0.25) is 11.2 Å². The lowest BCUT2D eigenvalue weighted by Gasteiger charge is -2.17. The van der Waals surface area contributed by atoms with E-state index < -0.39 is 23.2 Å². The Morgan fingerprint density at radius 3 is 2.62 bits per heavy atom. The molecule has 0 amide bonds. The van der Waals surface area contributed by atoms with Crippen LogP contribution in [0.15, 0.2) is 33.5 Å². The van der Waals surface area contributed by atoms with Crippen LogP contribution in [0.25, 0.3) is 11.0 Å². The number of rotatable bonds is 5. The molecule has 1 unspecified atom stereocenters. The monoisotopic (exact) mass is 291 g/mol. The van der Waals surface area contributed by atoms with Crippen molar-refractivity contribution in [2.24, 2.45) is 5.92 Å². The number of fused-ring (bicyclic) bond motifs is 1. The first kappa shape index (κ1) is 15.1. The third kappa shape index (κ3) is 3.05. The number of carboxylic acids is 1. The molecular weight excluding hydrogens is 274 g/mol. The maximum absolute atomic E-state index is 12.0. The van der Waals surface area contributed by atoms with Crippen LogP contribution in [-0.2, 0) is 11.3 Å². The second kappa shape index (κ2) is 5.97. The summed E-state index contributed by atoms with van der Waals surface area (Å²) in [5.41, 5.74) is -0.168. The first-order valence-corrected chi connectivity index (χ1v) is 6.61. The summed E-state index contributed by atoms with van der Waals surface area (Å²) in [5, 5.41) is 22.1. The van der Waals surface area contributed by atoms with Gasteiger partial charge in [0, 0.05) is 0 Å². The molecular formula is C15H17NO5. The van der Waals surface area contributed by atoms with E-state index in [-0.39, 0.29) is 23.6 Å². The summed E-state index contributed by atoms with van der Waals surface area (Å²) in [6.45, 7) is 3.49. The molecule has 3 N–H and O–H groups in total. The number of aromatic hydroxyl groups is 1. The molecule has 1 aromatic heterocycles. The highest BCUT2D eigenvalue weighted by Gasteiger charge is 2.22. The van der Waals surface area contributed by atoms with Crippen LogP contribution < -0.4 is 10.7 Å². The summed E-state index contributed by atoms with van der Waals surface area (Å²) < 4.78 is 5.48. The lowest BCUT2D eigenvalue weighted by Crippen LogP contribution is -2.40. The maximum atomic E-state index is 12.0. The molecule has 21 heavy (non-hydrogen) atoms. The van der Waals surface area contributed by atoms with E-state index in [9.17, 15) is 14.7 Å². The Kier molecular flexibility index (Phi) is 4.28. The van der Waals surface area contributed by atoms with Gasteiger partial charge in [0.1, 0.15) is 11.6 Å². The average molecular weight is 291 g/mol. The minimum absolute atomic E-state index is 0.0330. The Labute approximate surface area is 121 Å². The van der Waals surface area contributed by atoms with Crippen molar-refractivity contribution in [1.29, 1.82) is 0 Å². The van der Waals surface area contributed by atoms with Gasteiger partial charge in [0.25, 0.3) is 0 Å². The molecule has 0 aliphatic carbocycles. The lowest BCUT2D eigenvalue weighted by atomic mass is 10.0. The van der Waals surface area contributed by atoms with E-state index >= 15 is 0 Å². The van der Waals surface area contributed by atoms with Crippen molar-refractivity contribution in [2.45, 2.75) is 26.4 Å². The van der Waals surface area contributed by atoms with Crippen LogP contribution in [-0.4, -0.2) is 22.2 Å². The summed E-state index contributed by atoms with van der Waals surface area (Å²) >= 11 is 0. The maximum Gasteiger partial charge on any atom is 0.320 e. The Morgan fingerprint density at radius 1 is 1.33 bits per heavy atom. The standard InChI is InChI=1S/C15H17NO5/c1-8(2)12(15(19)20)16-7-11-14(18)13(17)9-5-3-4-6-10(9)21-11/h3-6,8,12,16,18H,7H2,1-2H3,(H,19,20). The molecule has 0 aliphatic rings. The largest absolute Gasteiger partial charge is 0.502 e. The highest BCUT2D eigenvalue weighted by atomic mass is 16.4. The van der Waals surface area contributed by atoms with Crippen molar-refractivity contribution in [3.63, 3.8) is 0 Å². The number of carboxylic acid groups (broad SMARTS) is 1. The molecule has 1 aromatic carbocycles. The van der Waals surface area contributed by atoms with Gasteiger partial charge in [-0.3, -0.25) is 14.9 Å². The normalized spacial score (nSPS) is 12.7. The van der Waals surface area contributed by atoms with Gasteiger partial charge in [0.05, 0.1) is 11.9 Å². The number of para-hydroxylation sites is 1. The van der Waals surface area contributed by atoms with Gasteiger partial charge in [-0.1, -0.05) is 26.0 Å². The lowest BCUT2D eigenvalue weighted by molar-refractivity contribution is -0.140. The summed E-state index contributed by atoms with van der Waals surface area (Å²) in [7, 11) is 0. The van der Waals surface area contributed by atoms with Crippen molar-refractivity contribution >= 4 is 16.9 Å². The second-order valence-electron chi connectivity index (χ2n) is 5.14. The van der Waals surface area contributed by atoms with Crippen molar-refractivity contribution < 1.29 is 19.4 Å². The van der Waals surface area contributed by atoms with E-state index in [0.29, 0.717) is 5.58 Å². The predicted octanol–water partition coefficient (Wildman–Crippen LogP) is 1.70. The van der Waals surface area contributed by atoms with E-state index in [2.05, 4.69) is 5.32 Å². The third-order valence-corrected chi connectivity index (χ3v) is 3.26. The summed E-state index contributed by atoms with van der Waals surface area (Å²) in [6.07, 6.45) is 0. The Morgan fingerprint density at radius 2 is 2.00 bits per heavy atom. The van der Waals surface area contributed by atoms with E-state index in [1.54, 1.807) is 38.1 Å². The first-order valence-electron chi connectivity index (χ1n) is 6.61. The molecule has 0 bridgehead atoms. The van der Waals surface area contributed by atoms with Crippen LogP contribution >= 0.6 is 0 Å². The molecule has 2 rings (SSSR count). The van der Waals surface area contributed by atoms with Crippen molar-refractivity contribution in [3.05, 3.63) is 40.2 Å². The van der Waals surface area contributed by atoms with E-state index in [0.717, 1.165) is 0 Å². The van der Waals surface area contributed by atoms with Crippen LogP contribution in [0.3, 0.4) is 0 Å². The number of carbonyl (C=O) groups is 1. The average Bonchev–Trinajstić information content (AvgIpc) is 2.43. The molecule has 0 saturated heterocycles. The molecule has 0 fully saturated rings. The topological polar surface area (TPSA) is 99.8 Å². The highest BCUT2D eigenvalue weighted by Crippen LogP contribution is 2.19. The molecule has 2 aromatic rings. The molecule has 0 radical (unpaired) electrons. The quantitative estimate of drug-likeness (QED) is 0.775. The molecule has 0 aliphatic heterocycles. The number of hydrogen-bond acceptors (Lipinski definition) is 5. The number of aliphatic carboxylic acids is 1. The fourth-order valence-corrected chi connectivity index (χ4v) is 2.11. The zero-order valence-corrected chi connectivity index (χ0v) is 11.8. The summed E-state index contributed by atoms with van der Waals surface area (Å²) in [5.74, 6) is -1.59. The zero-order chi connectivity index (χ0) is 15.6. The van der Waals surface area contributed by atoms with Gasteiger partial charge in [-0.2, -0.15) is 0 Å². The molecule has 0 saturated carbocycles. The zero-order valence-electron chi connectivity index (χ0n) is 11.8. The molecule has 6 nitrogen and oxygen atoms in total. The van der Waals surface area contributed by atoms with Crippen LogP contribution in [0.5, 0.6) is 5.75 Å². The van der Waals surface area contributed by atoms with Gasteiger partial charge < -0.3 is 14.6 Å². The van der Waals surface area contributed by atoms with Gasteiger partial charge >= 0.3 is 5.97 Å². The molecule has 6 heteroatoms. The molecule has 1 atom stereocenters. The van der Waals surface area contributed by atoms with Gasteiger partial charge in [-0.05, 0) is 18.1 Å². The van der Waals surface area contributed by atoms with Crippen molar-refractivity contribution in [3.8, 4) is 5.75 Å². The SMILES string of the molecule is CC(C)C(NCc1oc2ccccc2c(=O)c1O)C(=O)O. The Bertz CT molecular complexity index is 720.